The van der Waals surface area contributed by atoms with Crippen LogP contribution in [0.1, 0.15) is 59.3 Å². The number of carbonyl (C=O) groups is 1. The van der Waals surface area contributed by atoms with Gasteiger partial charge in [-0.3, -0.25) is 0 Å². The molecule has 3 aliphatic rings. The van der Waals surface area contributed by atoms with Gasteiger partial charge in [0.05, 0.1) is 17.8 Å². The van der Waals surface area contributed by atoms with Gasteiger partial charge in [0.15, 0.2) is 0 Å². The second-order valence-electron chi connectivity index (χ2n) is 8.14. The summed E-state index contributed by atoms with van der Waals surface area (Å²) < 4.78 is 11.9. The van der Waals surface area contributed by atoms with Crippen molar-refractivity contribution in [2.75, 3.05) is 0 Å². The zero-order valence-electron chi connectivity index (χ0n) is 15.1. The van der Waals surface area contributed by atoms with Crippen LogP contribution in [0.4, 0.5) is 0 Å². The molecule has 0 spiro atoms. The minimum Gasteiger partial charge on any atom is -0.456 e. The minimum atomic E-state index is -0.912. The molecule has 0 amide bonds. The fraction of sp³-hybridized carbons (Fsp3) is 0.750. The summed E-state index contributed by atoms with van der Waals surface area (Å²) in [7, 11) is 0. The molecule has 0 saturated carbocycles. The van der Waals surface area contributed by atoms with E-state index in [4.69, 9.17) is 9.47 Å². The van der Waals surface area contributed by atoms with E-state index in [1.54, 1.807) is 0 Å². The highest BCUT2D eigenvalue weighted by Gasteiger charge is 2.53. The first-order chi connectivity index (χ1) is 11.3. The Morgan fingerprint density at radius 1 is 1.38 bits per heavy atom. The zero-order valence-corrected chi connectivity index (χ0v) is 15.1. The molecule has 0 aromatic rings. The third kappa shape index (κ3) is 3.31. The van der Waals surface area contributed by atoms with Crippen LogP contribution in [0.3, 0.4) is 0 Å². The third-order valence-corrected chi connectivity index (χ3v) is 6.09. The quantitative estimate of drug-likeness (QED) is 0.418. The Balaban J connectivity index is 1.90. The van der Waals surface area contributed by atoms with Crippen LogP contribution in [0.2, 0.25) is 0 Å². The van der Waals surface area contributed by atoms with Crippen molar-refractivity contribution in [3.05, 3.63) is 23.8 Å². The van der Waals surface area contributed by atoms with Crippen LogP contribution in [-0.2, 0) is 14.3 Å². The number of hydrogen-bond donors (Lipinski definition) is 1. The Labute approximate surface area is 144 Å². The van der Waals surface area contributed by atoms with E-state index in [9.17, 15) is 9.90 Å². The van der Waals surface area contributed by atoms with Gasteiger partial charge < -0.3 is 14.6 Å². The fourth-order valence-corrected chi connectivity index (χ4v) is 4.36. The third-order valence-electron chi connectivity index (χ3n) is 6.09. The monoisotopic (exact) mass is 334 g/mol. The average molecular weight is 334 g/mol. The van der Waals surface area contributed by atoms with Gasteiger partial charge in [-0.05, 0) is 58.3 Å². The number of fused-ring (bicyclic) bond motifs is 4. The van der Waals surface area contributed by atoms with E-state index < -0.39 is 5.60 Å². The number of carbonyl (C=O) groups excluding carboxylic acids is 1. The van der Waals surface area contributed by atoms with E-state index in [0.29, 0.717) is 18.4 Å². The molecule has 3 rings (SSSR count). The summed E-state index contributed by atoms with van der Waals surface area (Å²) in [5.41, 5.74) is 1.03. The molecule has 134 valence electrons. The van der Waals surface area contributed by atoms with Gasteiger partial charge in [-0.2, -0.15) is 0 Å². The van der Waals surface area contributed by atoms with E-state index in [1.165, 1.54) is 5.57 Å². The van der Waals surface area contributed by atoms with Gasteiger partial charge in [0.2, 0.25) is 0 Å². The summed E-state index contributed by atoms with van der Waals surface area (Å²) >= 11 is 0. The highest BCUT2D eigenvalue weighted by atomic mass is 16.6. The summed E-state index contributed by atoms with van der Waals surface area (Å²) in [6.45, 7) is 10.1. The molecule has 0 aromatic heterocycles. The van der Waals surface area contributed by atoms with E-state index in [1.807, 2.05) is 6.92 Å². The highest BCUT2D eigenvalue weighted by molar-refractivity contribution is 5.90. The lowest BCUT2D eigenvalue weighted by atomic mass is 9.76. The van der Waals surface area contributed by atoms with Crippen LogP contribution in [0, 0.1) is 11.8 Å². The average Bonchev–Trinajstić information content (AvgIpc) is 2.80. The van der Waals surface area contributed by atoms with Gasteiger partial charge in [-0.15, -0.1) is 0 Å². The second-order valence-corrected chi connectivity index (χ2v) is 8.14. The standard InChI is InChI=1S/C20H30O4/c1-12-7-5-9-13(2)17-18-15(14(3)19(21)24-18)11-16(23-17)20(4,22)10-6-8-12/h8,13,15-18,22H,3,5-7,9-11H2,1-2,4H3/b12-8+/t13-,15+,16-,17-,18-,20-/m1/s1. The Morgan fingerprint density at radius 2 is 2.12 bits per heavy atom. The summed E-state index contributed by atoms with van der Waals surface area (Å²) in [6, 6.07) is 0. The van der Waals surface area contributed by atoms with Crippen molar-refractivity contribution in [2.24, 2.45) is 11.8 Å². The van der Waals surface area contributed by atoms with Crippen molar-refractivity contribution in [1.82, 2.24) is 0 Å². The Bertz CT molecular complexity index is 548. The molecule has 24 heavy (non-hydrogen) atoms. The van der Waals surface area contributed by atoms with E-state index in [2.05, 4.69) is 26.5 Å². The molecule has 3 heterocycles. The minimum absolute atomic E-state index is 0.0320. The van der Waals surface area contributed by atoms with Gasteiger partial charge in [-0.25, -0.2) is 4.79 Å². The molecule has 2 saturated heterocycles. The molecule has 1 N–H and O–H groups in total. The topological polar surface area (TPSA) is 55.8 Å². The Morgan fingerprint density at radius 3 is 2.88 bits per heavy atom. The summed E-state index contributed by atoms with van der Waals surface area (Å²) in [4.78, 5) is 12.0. The first kappa shape index (κ1) is 17.7. The molecule has 2 bridgehead atoms. The van der Waals surface area contributed by atoms with E-state index in [0.717, 1.165) is 25.7 Å². The van der Waals surface area contributed by atoms with Crippen molar-refractivity contribution < 1.29 is 19.4 Å². The zero-order chi connectivity index (χ0) is 17.5. The molecule has 0 unspecified atom stereocenters. The summed E-state index contributed by atoms with van der Waals surface area (Å²) in [6.07, 6.45) is 6.87. The molecular formula is C20H30O4. The van der Waals surface area contributed by atoms with Crippen LogP contribution >= 0.6 is 0 Å². The first-order valence-corrected chi connectivity index (χ1v) is 9.23. The molecule has 0 radical (unpaired) electrons. The Hall–Kier alpha value is -1.13. The van der Waals surface area contributed by atoms with E-state index >= 15 is 0 Å². The van der Waals surface area contributed by atoms with Crippen molar-refractivity contribution in [2.45, 2.75) is 83.2 Å². The van der Waals surface area contributed by atoms with Gasteiger partial charge in [0, 0.05) is 11.5 Å². The van der Waals surface area contributed by atoms with Gasteiger partial charge in [-0.1, -0.05) is 25.2 Å². The largest absolute Gasteiger partial charge is 0.456 e. The van der Waals surface area contributed by atoms with Gasteiger partial charge in [0.1, 0.15) is 6.10 Å². The molecule has 0 aromatic carbocycles. The molecule has 2 fully saturated rings. The molecular weight excluding hydrogens is 304 g/mol. The smallest absolute Gasteiger partial charge is 0.334 e. The van der Waals surface area contributed by atoms with Gasteiger partial charge in [0.25, 0.3) is 0 Å². The second kappa shape index (κ2) is 6.64. The summed E-state index contributed by atoms with van der Waals surface area (Å²) in [5.74, 6) is -0.0506. The number of allylic oxidation sites excluding steroid dienone is 2. The number of aliphatic hydroxyl groups is 1. The maximum atomic E-state index is 12.0. The molecule has 3 aliphatic heterocycles. The van der Waals surface area contributed by atoms with Crippen molar-refractivity contribution in [3.8, 4) is 0 Å². The van der Waals surface area contributed by atoms with Crippen LogP contribution in [0.25, 0.3) is 0 Å². The van der Waals surface area contributed by atoms with Crippen LogP contribution in [-0.4, -0.2) is 35.0 Å². The lowest BCUT2D eigenvalue weighted by molar-refractivity contribution is -0.208. The normalized spacial score (nSPS) is 46.2. The van der Waals surface area contributed by atoms with E-state index in [-0.39, 0.29) is 36.1 Å². The van der Waals surface area contributed by atoms with Crippen LogP contribution in [0.5, 0.6) is 0 Å². The van der Waals surface area contributed by atoms with Crippen molar-refractivity contribution >= 4 is 5.97 Å². The first-order valence-electron chi connectivity index (χ1n) is 9.23. The highest BCUT2D eigenvalue weighted by Crippen LogP contribution is 2.44. The predicted octanol–water partition coefficient (Wildman–Crippen LogP) is 3.54. The molecule has 6 atom stereocenters. The lowest BCUT2D eigenvalue weighted by Gasteiger charge is -2.45. The maximum absolute atomic E-state index is 12.0. The van der Waals surface area contributed by atoms with Crippen molar-refractivity contribution in [3.63, 3.8) is 0 Å². The maximum Gasteiger partial charge on any atom is 0.334 e. The van der Waals surface area contributed by atoms with Crippen molar-refractivity contribution in [1.29, 1.82) is 0 Å². The number of esters is 1. The van der Waals surface area contributed by atoms with Gasteiger partial charge >= 0.3 is 5.97 Å². The molecule has 0 aliphatic carbocycles. The number of ether oxygens (including phenoxy) is 2. The fourth-order valence-electron chi connectivity index (χ4n) is 4.36. The number of hydrogen-bond acceptors (Lipinski definition) is 4. The Kier molecular flexibility index (Phi) is 4.89. The number of rotatable bonds is 0. The van der Waals surface area contributed by atoms with Crippen LogP contribution < -0.4 is 0 Å². The lowest BCUT2D eigenvalue weighted by Crippen LogP contribution is -2.54. The van der Waals surface area contributed by atoms with Crippen LogP contribution in [0.15, 0.2) is 23.8 Å². The molecule has 4 nitrogen and oxygen atoms in total. The predicted molar refractivity (Wildman–Crippen MR) is 92.4 cm³/mol. The SMILES string of the molecule is C=C1C(=O)O[C@H]2[C@@H]3O[C@H](C[C@@H]12)[C@](C)(O)CC/C=C(\C)CCC[C@H]3C. The summed E-state index contributed by atoms with van der Waals surface area (Å²) in [5, 5.41) is 11.0. The molecule has 4 heteroatoms.